The fourth-order valence-electron chi connectivity index (χ4n) is 5.63. The molecule has 1 aliphatic heterocycles. The van der Waals surface area contributed by atoms with Crippen LogP contribution in [0.15, 0.2) is 33.6 Å². The Morgan fingerprint density at radius 2 is 2.22 bits per heavy atom. The number of carbonyl (C=O) groups excluding carboxylic acids is 1. The molecule has 1 fully saturated rings. The second-order valence-corrected chi connectivity index (χ2v) is 10.9. The van der Waals surface area contributed by atoms with Crippen LogP contribution in [0.4, 0.5) is 9.18 Å². The van der Waals surface area contributed by atoms with Gasteiger partial charge in [-0.25, -0.2) is 27.6 Å². The van der Waals surface area contributed by atoms with Crippen LogP contribution in [0.5, 0.6) is 5.88 Å². The van der Waals surface area contributed by atoms with E-state index in [0.29, 0.717) is 19.4 Å². The standard InChI is InChI=1S/C21H28FN5O4S/c1-21-8-4-7-15(21)17(22)13-5-3-6-14(13)18(21)25-20(28)26-32(23,29)16-9-24-27-10-12(30-2)11-31-19(16)27/h9,12,18H,3-8,10-11H2,1-2H3,(H3,23,25,26,28,29)/t12-,18?,21?,32?/m0/s1. The fourth-order valence-corrected chi connectivity index (χ4v) is 6.67. The number of methoxy groups -OCH3 is 1. The average molecular weight is 466 g/mol. The summed E-state index contributed by atoms with van der Waals surface area (Å²) in [6.45, 7) is 2.65. The number of hydrogen-bond donors (Lipinski definition) is 3. The first-order chi connectivity index (χ1) is 15.2. The van der Waals surface area contributed by atoms with E-state index in [1.54, 1.807) is 7.11 Å². The van der Waals surface area contributed by atoms with Crippen LogP contribution in [-0.4, -0.2) is 45.9 Å². The van der Waals surface area contributed by atoms with Crippen LogP contribution in [0.1, 0.15) is 45.4 Å². The lowest BCUT2D eigenvalue weighted by Gasteiger charge is -2.41. The molecular formula is C21H28FN5O4S. The molecule has 1 saturated carbocycles. The smallest absolute Gasteiger partial charge is 0.328 e. The number of nitrogens with one attached hydrogen (secondary N) is 3. The second-order valence-electron chi connectivity index (χ2n) is 9.15. The molecule has 11 heteroatoms. The lowest BCUT2D eigenvalue weighted by molar-refractivity contribution is 0.0165. The van der Waals surface area contributed by atoms with Crippen LogP contribution in [0.3, 0.4) is 0 Å². The number of aromatic nitrogens is 2. The van der Waals surface area contributed by atoms with E-state index >= 15 is 4.39 Å². The van der Waals surface area contributed by atoms with Gasteiger partial charge in [0.15, 0.2) is 9.92 Å². The normalized spacial score (nSPS) is 30.8. The Kier molecular flexibility index (Phi) is 5.08. The van der Waals surface area contributed by atoms with Gasteiger partial charge in [0.1, 0.15) is 23.4 Å². The molecule has 9 nitrogen and oxygen atoms in total. The summed E-state index contributed by atoms with van der Waals surface area (Å²) in [5.41, 5.74) is 1.94. The van der Waals surface area contributed by atoms with Crippen molar-refractivity contribution in [3.8, 4) is 5.88 Å². The van der Waals surface area contributed by atoms with Gasteiger partial charge in [-0.3, -0.25) is 0 Å². The predicted molar refractivity (Wildman–Crippen MR) is 114 cm³/mol. The zero-order valence-electron chi connectivity index (χ0n) is 18.2. The third-order valence-corrected chi connectivity index (χ3v) is 8.66. The van der Waals surface area contributed by atoms with Crippen LogP contribution >= 0.6 is 0 Å². The molecule has 0 radical (unpaired) electrons. The van der Waals surface area contributed by atoms with Crippen LogP contribution < -0.4 is 14.8 Å². The average Bonchev–Trinajstić information content (AvgIpc) is 3.48. The van der Waals surface area contributed by atoms with Crippen molar-refractivity contribution in [1.82, 2.24) is 19.8 Å². The molecule has 0 spiro atoms. The molecule has 2 amide bonds. The second kappa shape index (κ2) is 7.58. The van der Waals surface area contributed by atoms with E-state index in [4.69, 9.17) is 14.3 Å². The summed E-state index contributed by atoms with van der Waals surface area (Å²) < 4.78 is 51.3. The molecule has 32 heavy (non-hydrogen) atoms. The van der Waals surface area contributed by atoms with Crippen molar-refractivity contribution in [3.05, 3.63) is 28.7 Å². The van der Waals surface area contributed by atoms with Gasteiger partial charge in [0.2, 0.25) is 5.88 Å². The minimum absolute atomic E-state index is 0.0188. The highest BCUT2D eigenvalue weighted by Crippen LogP contribution is 2.56. The number of halogens is 1. The van der Waals surface area contributed by atoms with Crippen LogP contribution in [0, 0.1) is 10.2 Å². The van der Waals surface area contributed by atoms with E-state index < -0.39 is 21.4 Å². The molecule has 174 valence electrons. The molecule has 3 unspecified atom stereocenters. The van der Waals surface area contributed by atoms with Crippen molar-refractivity contribution in [2.45, 2.75) is 69.0 Å². The molecule has 1 aromatic heterocycles. The van der Waals surface area contributed by atoms with Crippen LogP contribution in [0.25, 0.3) is 0 Å². The first-order valence-electron chi connectivity index (χ1n) is 10.9. The van der Waals surface area contributed by atoms with E-state index in [2.05, 4.69) is 15.1 Å². The Morgan fingerprint density at radius 3 is 3.00 bits per heavy atom. The van der Waals surface area contributed by atoms with Gasteiger partial charge in [-0.05, 0) is 55.2 Å². The lowest BCUT2D eigenvalue weighted by Crippen LogP contribution is -2.52. The molecule has 4 atom stereocenters. The fraction of sp³-hybridized carbons (Fsp3) is 0.619. The third kappa shape index (κ3) is 3.24. The third-order valence-electron chi connectivity index (χ3n) is 7.29. The quantitative estimate of drug-likeness (QED) is 0.631. The minimum atomic E-state index is -3.72. The number of hydrogen-bond acceptors (Lipinski definition) is 6. The highest BCUT2D eigenvalue weighted by atomic mass is 32.2. The summed E-state index contributed by atoms with van der Waals surface area (Å²) in [5, 5.41) is 7.08. The molecule has 0 bridgehead atoms. The van der Waals surface area contributed by atoms with Gasteiger partial charge in [0, 0.05) is 12.5 Å². The maximum Gasteiger partial charge on any atom is 0.328 e. The summed E-state index contributed by atoms with van der Waals surface area (Å²) in [4.78, 5) is 13.0. The number of fused-ring (bicyclic) bond motifs is 2. The Hall–Kier alpha value is -2.40. The van der Waals surface area contributed by atoms with Crippen LogP contribution in [-0.2, 0) is 21.2 Å². The predicted octanol–water partition coefficient (Wildman–Crippen LogP) is 3.19. The Bertz CT molecular complexity index is 1140. The number of urea groups is 1. The van der Waals surface area contributed by atoms with Gasteiger partial charge in [0.05, 0.1) is 18.8 Å². The van der Waals surface area contributed by atoms with Crippen molar-refractivity contribution >= 4 is 15.9 Å². The van der Waals surface area contributed by atoms with Crippen molar-refractivity contribution < 1.29 is 22.9 Å². The van der Waals surface area contributed by atoms with E-state index in [1.165, 1.54) is 10.9 Å². The molecule has 3 aliphatic carbocycles. The van der Waals surface area contributed by atoms with Gasteiger partial charge in [0.25, 0.3) is 0 Å². The van der Waals surface area contributed by atoms with E-state index in [0.717, 1.165) is 42.4 Å². The van der Waals surface area contributed by atoms with Crippen molar-refractivity contribution in [1.29, 1.82) is 4.78 Å². The maximum atomic E-state index is 15.1. The van der Waals surface area contributed by atoms with Gasteiger partial charge >= 0.3 is 6.03 Å². The number of carbonyl (C=O) groups is 1. The maximum absolute atomic E-state index is 15.1. The van der Waals surface area contributed by atoms with E-state index in [-0.39, 0.29) is 35.4 Å². The molecule has 5 rings (SSSR count). The summed E-state index contributed by atoms with van der Waals surface area (Å²) >= 11 is 0. The first-order valence-corrected chi connectivity index (χ1v) is 12.5. The van der Waals surface area contributed by atoms with Crippen molar-refractivity contribution in [2.75, 3.05) is 13.7 Å². The van der Waals surface area contributed by atoms with Gasteiger partial charge in [-0.15, -0.1) is 0 Å². The van der Waals surface area contributed by atoms with Gasteiger partial charge in [-0.2, -0.15) is 5.10 Å². The SMILES string of the molecule is CO[C@@H]1COc2c(S(=N)(=O)NC(=O)NC3C4=C(CCC4)C(F)=C4CCCC43C)cnn2C1. The highest BCUT2D eigenvalue weighted by Gasteiger charge is 2.50. The molecule has 3 N–H and O–H groups in total. The number of nitrogens with zero attached hydrogens (tertiary/aromatic N) is 2. The largest absolute Gasteiger partial charge is 0.474 e. The zero-order chi connectivity index (χ0) is 22.7. The van der Waals surface area contributed by atoms with E-state index in [1.807, 2.05) is 6.92 Å². The molecular weight excluding hydrogens is 437 g/mol. The molecule has 0 aromatic carbocycles. The zero-order valence-corrected chi connectivity index (χ0v) is 19.0. The molecule has 1 aromatic rings. The number of amides is 2. The van der Waals surface area contributed by atoms with Crippen molar-refractivity contribution in [3.63, 3.8) is 0 Å². The van der Waals surface area contributed by atoms with Gasteiger partial charge < -0.3 is 14.8 Å². The Labute approximate surface area is 186 Å². The van der Waals surface area contributed by atoms with E-state index in [9.17, 15) is 9.00 Å². The number of ether oxygens (including phenoxy) is 2. The summed E-state index contributed by atoms with van der Waals surface area (Å²) in [6, 6.07) is -1.08. The molecule has 4 aliphatic rings. The summed E-state index contributed by atoms with van der Waals surface area (Å²) in [5.74, 6) is 0.116. The summed E-state index contributed by atoms with van der Waals surface area (Å²) in [6.07, 6.45) is 5.71. The Morgan fingerprint density at radius 1 is 1.41 bits per heavy atom. The molecule has 2 heterocycles. The summed E-state index contributed by atoms with van der Waals surface area (Å²) in [7, 11) is -2.15. The number of allylic oxidation sites excluding steroid dienone is 2. The highest BCUT2D eigenvalue weighted by molar-refractivity contribution is 7.91. The Balaban J connectivity index is 1.37. The minimum Gasteiger partial charge on any atom is -0.474 e. The van der Waals surface area contributed by atoms with Crippen molar-refractivity contribution in [2.24, 2.45) is 5.41 Å². The lowest BCUT2D eigenvalue weighted by atomic mass is 9.69. The molecule has 0 saturated heterocycles. The monoisotopic (exact) mass is 465 g/mol. The van der Waals surface area contributed by atoms with Gasteiger partial charge in [-0.1, -0.05) is 6.92 Å². The first kappa shape index (κ1) is 21.4. The van der Waals surface area contributed by atoms with Crippen LogP contribution in [0.2, 0.25) is 0 Å². The topological polar surface area (TPSA) is 118 Å². The number of rotatable bonds is 4.